The lowest BCUT2D eigenvalue weighted by atomic mass is 10.2. The molecule has 0 bridgehead atoms. The van der Waals surface area contributed by atoms with Crippen molar-refractivity contribution in [3.8, 4) is 0 Å². The van der Waals surface area contributed by atoms with Crippen LogP contribution in [0.3, 0.4) is 0 Å². The van der Waals surface area contributed by atoms with Crippen molar-refractivity contribution in [3.63, 3.8) is 0 Å². The molecule has 0 spiro atoms. The first-order valence-electron chi connectivity index (χ1n) is 4.55. The normalized spacial score (nSPS) is 11.0. The van der Waals surface area contributed by atoms with Crippen molar-refractivity contribution in [2.75, 3.05) is 5.75 Å². The molecule has 2 aromatic rings. The molecule has 0 N–H and O–H groups in total. The number of thiophene rings is 1. The van der Waals surface area contributed by atoms with Gasteiger partial charge in [0.1, 0.15) is 0 Å². The fourth-order valence-corrected chi connectivity index (χ4v) is 3.34. The second-order valence-electron chi connectivity index (χ2n) is 3.03. The van der Waals surface area contributed by atoms with Gasteiger partial charge in [-0.15, -0.1) is 11.3 Å². The van der Waals surface area contributed by atoms with Gasteiger partial charge in [-0.3, -0.25) is 0 Å². The molecule has 0 aliphatic rings. The van der Waals surface area contributed by atoms with Crippen molar-refractivity contribution in [2.24, 2.45) is 0 Å². The molecule has 1 heterocycles. The third-order valence-corrected chi connectivity index (χ3v) is 4.44. The number of hydrogen-bond acceptors (Lipinski definition) is 2. The summed E-state index contributed by atoms with van der Waals surface area (Å²) < 4.78 is 1.33. The molecule has 74 valence electrons. The largest absolute Gasteiger partial charge is 0.157 e. The molecule has 0 radical (unpaired) electrons. The van der Waals surface area contributed by atoms with E-state index in [2.05, 4.69) is 19.1 Å². The van der Waals surface area contributed by atoms with Gasteiger partial charge in [-0.05, 0) is 35.4 Å². The van der Waals surface area contributed by atoms with Crippen molar-refractivity contribution < 1.29 is 0 Å². The minimum atomic E-state index is 0.824. The van der Waals surface area contributed by atoms with Crippen LogP contribution in [0.15, 0.2) is 24.3 Å². The van der Waals surface area contributed by atoms with Crippen LogP contribution in [0.4, 0.5) is 0 Å². The number of hydrogen-bond donors (Lipinski definition) is 0. The molecule has 0 atom stereocenters. The molecular weight excluding hydrogens is 232 g/mol. The standard InChI is InChI=1S/C11H11ClS2/c1-2-13-7-10-6-8-5-9(12)3-4-11(8)14-10/h3-6H,2,7H2,1H3. The molecular formula is C11H11ClS2. The molecule has 1 aromatic heterocycles. The van der Waals surface area contributed by atoms with Gasteiger partial charge in [-0.25, -0.2) is 0 Å². The smallest absolute Gasteiger partial charge is 0.0412 e. The maximum absolute atomic E-state index is 5.93. The SMILES string of the molecule is CCSCc1cc2cc(Cl)ccc2s1. The Kier molecular flexibility index (Phi) is 3.37. The summed E-state index contributed by atoms with van der Waals surface area (Å²) in [7, 11) is 0. The lowest BCUT2D eigenvalue weighted by molar-refractivity contribution is 1.47. The van der Waals surface area contributed by atoms with Crippen LogP contribution >= 0.6 is 34.7 Å². The zero-order valence-electron chi connectivity index (χ0n) is 7.92. The summed E-state index contributed by atoms with van der Waals surface area (Å²) in [5.41, 5.74) is 0. The van der Waals surface area contributed by atoms with E-state index < -0.39 is 0 Å². The summed E-state index contributed by atoms with van der Waals surface area (Å²) >= 11 is 9.76. The van der Waals surface area contributed by atoms with E-state index in [1.165, 1.54) is 20.7 Å². The average molecular weight is 243 g/mol. The molecule has 3 heteroatoms. The predicted octanol–water partition coefficient (Wildman–Crippen LogP) is 4.81. The van der Waals surface area contributed by atoms with E-state index in [1.807, 2.05) is 35.2 Å². The highest BCUT2D eigenvalue weighted by atomic mass is 35.5. The van der Waals surface area contributed by atoms with Crippen LogP contribution in [0.2, 0.25) is 5.02 Å². The van der Waals surface area contributed by atoms with E-state index >= 15 is 0 Å². The van der Waals surface area contributed by atoms with Gasteiger partial charge in [0.05, 0.1) is 0 Å². The van der Waals surface area contributed by atoms with Crippen LogP contribution in [0.1, 0.15) is 11.8 Å². The van der Waals surface area contributed by atoms with Gasteiger partial charge in [0.25, 0.3) is 0 Å². The van der Waals surface area contributed by atoms with Crippen molar-refractivity contribution >= 4 is 44.8 Å². The summed E-state index contributed by atoms with van der Waals surface area (Å²) in [5.74, 6) is 2.29. The van der Waals surface area contributed by atoms with Gasteiger partial charge in [0.2, 0.25) is 0 Å². The van der Waals surface area contributed by atoms with Crippen molar-refractivity contribution in [1.82, 2.24) is 0 Å². The van der Waals surface area contributed by atoms with E-state index in [-0.39, 0.29) is 0 Å². The summed E-state index contributed by atoms with van der Waals surface area (Å²) in [6.45, 7) is 2.19. The van der Waals surface area contributed by atoms with Gasteiger partial charge in [-0.1, -0.05) is 18.5 Å². The quantitative estimate of drug-likeness (QED) is 0.745. The van der Waals surface area contributed by atoms with Gasteiger partial charge in [-0.2, -0.15) is 11.8 Å². The Labute approximate surface area is 97.3 Å². The lowest BCUT2D eigenvalue weighted by Gasteiger charge is -1.91. The molecule has 0 nitrogen and oxygen atoms in total. The molecule has 0 amide bonds. The molecule has 1 aromatic carbocycles. The van der Waals surface area contributed by atoms with E-state index in [0.29, 0.717) is 0 Å². The molecule has 0 aliphatic heterocycles. The highest BCUT2D eigenvalue weighted by molar-refractivity contribution is 7.98. The van der Waals surface area contributed by atoms with Crippen LogP contribution in [-0.2, 0) is 5.75 Å². The van der Waals surface area contributed by atoms with E-state index in [1.54, 1.807) is 0 Å². The van der Waals surface area contributed by atoms with Gasteiger partial charge < -0.3 is 0 Å². The molecule has 2 rings (SSSR count). The Balaban J connectivity index is 2.32. The van der Waals surface area contributed by atoms with Crippen LogP contribution in [0.5, 0.6) is 0 Å². The minimum absolute atomic E-state index is 0.824. The number of thioether (sulfide) groups is 1. The van der Waals surface area contributed by atoms with Crippen molar-refractivity contribution in [1.29, 1.82) is 0 Å². The van der Waals surface area contributed by atoms with Crippen LogP contribution in [-0.4, -0.2) is 5.75 Å². The zero-order valence-corrected chi connectivity index (χ0v) is 10.3. The first kappa shape index (κ1) is 10.3. The Morgan fingerprint density at radius 2 is 2.21 bits per heavy atom. The second kappa shape index (κ2) is 4.56. The monoisotopic (exact) mass is 242 g/mol. The fourth-order valence-electron chi connectivity index (χ4n) is 1.34. The Morgan fingerprint density at radius 3 is 3.00 bits per heavy atom. The summed E-state index contributed by atoms with van der Waals surface area (Å²) in [6.07, 6.45) is 0. The first-order chi connectivity index (χ1) is 6.79. The zero-order chi connectivity index (χ0) is 9.97. The highest BCUT2D eigenvalue weighted by Gasteiger charge is 2.01. The minimum Gasteiger partial charge on any atom is -0.157 e. The van der Waals surface area contributed by atoms with Crippen LogP contribution < -0.4 is 0 Å². The van der Waals surface area contributed by atoms with Crippen molar-refractivity contribution in [3.05, 3.63) is 34.2 Å². The van der Waals surface area contributed by atoms with Crippen molar-refractivity contribution in [2.45, 2.75) is 12.7 Å². The van der Waals surface area contributed by atoms with Crippen LogP contribution in [0, 0.1) is 0 Å². The maximum Gasteiger partial charge on any atom is 0.0412 e. The lowest BCUT2D eigenvalue weighted by Crippen LogP contribution is -1.71. The van der Waals surface area contributed by atoms with Gasteiger partial charge in [0.15, 0.2) is 0 Å². The maximum atomic E-state index is 5.93. The number of fused-ring (bicyclic) bond motifs is 1. The van der Waals surface area contributed by atoms with E-state index in [9.17, 15) is 0 Å². The molecule has 0 fully saturated rings. The first-order valence-corrected chi connectivity index (χ1v) is 6.90. The van der Waals surface area contributed by atoms with E-state index in [0.717, 1.165) is 10.8 Å². The Morgan fingerprint density at radius 1 is 1.36 bits per heavy atom. The molecule has 14 heavy (non-hydrogen) atoms. The van der Waals surface area contributed by atoms with Gasteiger partial charge >= 0.3 is 0 Å². The summed E-state index contributed by atoms with van der Waals surface area (Å²) in [6, 6.07) is 8.33. The average Bonchev–Trinajstić information content (AvgIpc) is 2.56. The predicted molar refractivity (Wildman–Crippen MR) is 68.7 cm³/mol. The second-order valence-corrected chi connectivity index (χ2v) is 5.91. The number of rotatable bonds is 3. The molecule has 0 saturated carbocycles. The molecule has 0 aliphatic carbocycles. The Bertz CT molecular complexity index is 434. The third-order valence-electron chi connectivity index (χ3n) is 1.98. The molecule has 0 unspecified atom stereocenters. The van der Waals surface area contributed by atoms with Crippen LogP contribution in [0.25, 0.3) is 10.1 Å². The topological polar surface area (TPSA) is 0 Å². The summed E-state index contributed by atoms with van der Waals surface area (Å²) in [5, 5.41) is 2.10. The highest BCUT2D eigenvalue weighted by Crippen LogP contribution is 2.30. The number of halogens is 1. The third kappa shape index (κ3) is 2.25. The van der Waals surface area contributed by atoms with Gasteiger partial charge in [0, 0.05) is 20.4 Å². The van der Waals surface area contributed by atoms with E-state index in [4.69, 9.17) is 11.6 Å². The number of benzene rings is 1. The molecule has 0 saturated heterocycles. The Hall–Kier alpha value is -0.180. The summed E-state index contributed by atoms with van der Waals surface area (Å²) in [4.78, 5) is 1.44. The fraction of sp³-hybridized carbons (Fsp3) is 0.273.